The molecular formula is C15H27N5. The van der Waals surface area contributed by atoms with Gasteiger partial charge in [-0.25, -0.2) is 9.97 Å². The summed E-state index contributed by atoms with van der Waals surface area (Å²) in [4.78, 5) is 11.5. The van der Waals surface area contributed by atoms with Crippen molar-refractivity contribution in [2.75, 3.05) is 37.3 Å². The Hall–Kier alpha value is -1.36. The third-order valence-electron chi connectivity index (χ3n) is 3.70. The highest BCUT2D eigenvalue weighted by Gasteiger charge is 2.27. The fraction of sp³-hybridized carbons (Fsp3) is 0.733. The zero-order valence-electron chi connectivity index (χ0n) is 13.1. The summed E-state index contributed by atoms with van der Waals surface area (Å²) in [6, 6.07) is 2.58. The molecule has 0 unspecified atom stereocenters. The van der Waals surface area contributed by atoms with Crippen molar-refractivity contribution in [3.63, 3.8) is 0 Å². The minimum atomic E-state index is 0.571. The minimum absolute atomic E-state index is 0.571. The van der Waals surface area contributed by atoms with Crippen LogP contribution in [0.3, 0.4) is 0 Å². The Kier molecular flexibility index (Phi) is 5.17. The largest absolute Gasteiger partial charge is 0.370 e. The summed E-state index contributed by atoms with van der Waals surface area (Å²) in [6.45, 7) is 9.30. The fourth-order valence-electron chi connectivity index (χ4n) is 1.97. The fourth-order valence-corrected chi connectivity index (χ4v) is 1.97. The molecule has 1 aliphatic rings. The highest BCUT2D eigenvalue weighted by molar-refractivity contribution is 5.48. The average molecular weight is 277 g/mol. The molecule has 1 aliphatic carbocycles. The molecule has 0 bridgehead atoms. The second-order valence-corrected chi connectivity index (χ2v) is 5.80. The van der Waals surface area contributed by atoms with Gasteiger partial charge in [-0.3, -0.25) is 0 Å². The number of nitrogens with one attached hydrogen (secondary N) is 2. The zero-order chi connectivity index (χ0) is 14.5. The number of aromatic nitrogens is 2. The van der Waals surface area contributed by atoms with Gasteiger partial charge < -0.3 is 15.5 Å². The van der Waals surface area contributed by atoms with Crippen molar-refractivity contribution in [2.45, 2.75) is 45.6 Å². The molecule has 0 aromatic carbocycles. The lowest BCUT2D eigenvalue weighted by Crippen LogP contribution is -2.31. The van der Waals surface area contributed by atoms with Gasteiger partial charge >= 0.3 is 0 Å². The van der Waals surface area contributed by atoms with Crippen molar-refractivity contribution in [2.24, 2.45) is 0 Å². The maximum atomic E-state index is 4.64. The van der Waals surface area contributed by atoms with E-state index in [1.54, 1.807) is 0 Å². The van der Waals surface area contributed by atoms with E-state index in [9.17, 15) is 0 Å². The van der Waals surface area contributed by atoms with E-state index >= 15 is 0 Å². The van der Waals surface area contributed by atoms with E-state index in [0.29, 0.717) is 12.0 Å². The van der Waals surface area contributed by atoms with Gasteiger partial charge in [0.25, 0.3) is 0 Å². The molecule has 1 fully saturated rings. The molecule has 1 saturated carbocycles. The van der Waals surface area contributed by atoms with Crippen LogP contribution in [0.25, 0.3) is 0 Å². The van der Waals surface area contributed by atoms with Gasteiger partial charge in [-0.05, 0) is 40.7 Å². The summed E-state index contributed by atoms with van der Waals surface area (Å²) >= 11 is 0. The van der Waals surface area contributed by atoms with E-state index in [4.69, 9.17) is 0 Å². The molecule has 5 heteroatoms. The van der Waals surface area contributed by atoms with Crippen molar-refractivity contribution in [1.82, 2.24) is 14.9 Å². The van der Waals surface area contributed by atoms with Gasteiger partial charge in [0.1, 0.15) is 17.5 Å². The second kappa shape index (κ2) is 6.88. The second-order valence-electron chi connectivity index (χ2n) is 5.80. The molecular weight excluding hydrogens is 250 g/mol. The first-order chi connectivity index (χ1) is 9.60. The van der Waals surface area contributed by atoms with Crippen molar-refractivity contribution >= 4 is 11.6 Å². The molecule has 0 amide bonds. The molecule has 5 nitrogen and oxygen atoms in total. The van der Waals surface area contributed by atoms with Crippen LogP contribution in [-0.4, -0.2) is 47.6 Å². The highest BCUT2D eigenvalue weighted by Crippen LogP contribution is 2.38. The van der Waals surface area contributed by atoms with Crippen molar-refractivity contribution in [3.8, 4) is 0 Å². The van der Waals surface area contributed by atoms with E-state index in [1.165, 1.54) is 12.8 Å². The van der Waals surface area contributed by atoms with Crippen LogP contribution in [0, 0.1) is 0 Å². The summed E-state index contributed by atoms with van der Waals surface area (Å²) in [5.41, 5.74) is 0. The third kappa shape index (κ3) is 4.34. The number of likely N-dealkylation sites (N-methyl/N-ethyl adjacent to an activating group) is 1. The Morgan fingerprint density at radius 2 is 1.90 bits per heavy atom. The molecule has 112 valence electrons. The highest BCUT2D eigenvalue weighted by atomic mass is 15.1. The molecule has 20 heavy (non-hydrogen) atoms. The van der Waals surface area contributed by atoms with E-state index in [0.717, 1.165) is 37.1 Å². The number of nitrogens with zero attached hydrogens (tertiary/aromatic N) is 3. The standard InChI is InChI=1S/C15H27N5/c1-5-16-13-10-14(17-8-9-20(4)11(2)3)19-15(18-13)12-6-7-12/h10-12H,5-9H2,1-4H3,(H2,16,17,18,19). The van der Waals surface area contributed by atoms with Crippen LogP contribution in [0.5, 0.6) is 0 Å². The summed E-state index contributed by atoms with van der Waals surface area (Å²) in [5.74, 6) is 3.44. The monoisotopic (exact) mass is 277 g/mol. The van der Waals surface area contributed by atoms with Crippen molar-refractivity contribution in [1.29, 1.82) is 0 Å². The van der Waals surface area contributed by atoms with Crippen LogP contribution in [0.1, 0.15) is 45.4 Å². The topological polar surface area (TPSA) is 53.1 Å². The third-order valence-corrected chi connectivity index (χ3v) is 3.70. The molecule has 2 rings (SSSR count). The minimum Gasteiger partial charge on any atom is -0.370 e. The van der Waals surface area contributed by atoms with Gasteiger partial charge in [0, 0.05) is 37.7 Å². The van der Waals surface area contributed by atoms with Gasteiger partial charge in [-0.2, -0.15) is 0 Å². The quantitative estimate of drug-likeness (QED) is 0.765. The van der Waals surface area contributed by atoms with Crippen molar-refractivity contribution < 1.29 is 0 Å². The molecule has 2 N–H and O–H groups in total. The molecule has 0 atom stereocenters. The van der Waals surface area contributed by atoms with Gasteiger partial charge in [-0.15, -0.1) is 0 Å². The first kappa shape index (κ1) is 15.0. The first-order valence-electron chi connectivity index (χ1n) is 7.67. The van der Waals surface area contributed by atoms with Gasteiger partial charge in [-0.1, -0.05) is 0 Å². The molecule has 0 saturated heterocycles. The Bertz CT molecular complexity index is 428. The SMILES string of the molecule is CCNc1cc(NCCN(C)C(C)C)nc(C2CC2)n1. The normalized spacial score (nSPS) is 14.9. The van der Waals surface area contributed by atoms with Crippen LogP contribution in [0.2, 0.25) is 0 Å². The summed E-state index contributed by atoms with van der Waals surface area (Å²) in [5, 5.41) is 6.71. The van der Waals surface area contributed by atoms with Crippen LogP contribution >= 0.6 is 0 Å². The van der Waals surface area contributed by atoms with E-state index in [1.807, 2.05) is 6.07 Å². The Balaban J connectivity index is 1.95. The lowest BCUT2D eigenvalue weighted by molar-refractivity contribution is 0.284. The van der Waals surface area contributed by atoms with Crippen LogP contribution in [-0.2, 0) is 0 Å². The molecule has 0 radical (unpaired) electrons. The molecule has 0 spiro atoms. The zero-order valence-corrected chi connectivity index (χ0v) is 13.1. The molecule has 0 aliphatic heterocycles. The predicted molar refractivity (Wildman–Crippen MR) is 84.4 cm³/mol. The number of anilines is 2. The molecule has 1 aromatic heterocycles. The lowest BCUT2D eigenvalue weighted by atomic mass is 10.3. The maximum absolute atomic E-state index is 4.64. The van der Waals surface area contributed by atoms with E-state index in [2.05, 4.69) is 53.3 Å². The van der Waals surface area contributed by atoms with Crippen LogP contribution in [0.4, 0.5) is 11.6 Å². The van der Waals surface area contributed by atoms with E-state index in [-0.39, 0.29) is 0 Å². The van der Waals surface area contributed by atoms with Crippen LogP contribution < -0.4 is 10.6 Å². The average Bonchev–Trinajstić information content (AvgIpc) is 3.23. The molecule has 1 heterocycles. The molecule has 1 aromatic rings. The number of rotatable bonds is 8. The number of hydrogen-bond donors (Lipinski definition) is 2. The first-order valence-corrected chi connectivity index (χ1v) is 7.67. The Labute approximate surface area is 122 Å². The summed E-state index contributed by atoms with van der Waals surface area (Å²) in [7, 11) is 2.14. The van der Waals surface area contributed by atoms with Gasteiger partial charge in [0.05, 0.1) is 0 Å². The van der Waals surface area contributed by atoms with E-state index < -0.39 is 0 Å². The smallest absolute Gasteiger partial charge is 0.136 e. The Morgan fingerprint density at radius 3 is 2.45 bits per heavy atom. The number of hydrogen-bond acceptors (Lipinski definition) is 5. The maximum Gasteiger partial charge on any atom is 0.136 e. The summed E-state index contributed by atoms with van der Waals surface area (Å²) < 4.78 is 0. The van der Waals surface area contributed by atoms with Gasteiger partial charge in [0.2, 0.25) is 0 Å². The van der Waals surface area contributed by atoms with Crippen LogP contribution in [0.15, 0.2) is 6.07 Å². The summed E-state index contributed by atoms with van der Waals surface area (Å²) in [6.07, 6.45) is 2.45. The van der Waals surface area contributed by atoms with Crippen molar-refractivity contribution in [3.05, 3.63) is 11.9 Å². The van der Waals surface area contributed by atoms with Gasteiger partial charge in [0.15, 0.2) is 0 Å². The Morgan fingerprint density at radius 1 is 1.25 bits per heavy atom. The lowest BCUT2D eigenvalue weighted by Gasteiger charge is -2.21. The predicted octanol–water partition coefficient (Wildman–Crippen LogP) is 2.54.